The van der Waals surface area contributed by atoms with E-state index in [4.69, 9.17) is 21.5 Å². The van der Waals surface area contributed by atoms with Gasteiger partial charge in [-0.25, -0.2) is 0 Å². The molecule has 0 aromatic heterocycles. The summed E-state index contributed by atoms with van der Waals surface area (Å²) in [5.74, 6) is -0.584. The van der Waals surface area contributed by atoms with Crippen molar-refractivity contribution in [3.8, 4) is 0 Å². The van der Waals surface area contributed by atoms with Crippen LogP contribution in [0, 0.1) is 6.92 Å². The van der Waals surface area contributed by atoms with Crippen molar-refractivity contribution in [2.75, 3.05) is 11.1 Å². The van der Waals surface area contributed by atoms with Crippen LogP contribution in [-0.2, 0) is 19.1 Å². The van der Waals surface area contributed by atoms with E-state index in [0.29, 0.717) is 16.4 Å². The number of benzene rings is 2. The van der Waals surface area contributed by atoms with Gasteiger partial charge in [0.25, 0.3) is 16.0 Å². The molecule has 0 heterocycles. The molecular weight excluding hydrogens is 364 g/mol. The molecular formula is C17H19ClN2O4S. The SMILES string of the molecule is CC[C@@H](OS(=O)(=O)c1ccc(C)cc1)C(=O)Nc1ccc(N)c(Cl)c1. The highest BCUT2D eigenvalue weighted by Gasteiger charge is 2.26. The number of rotatable bonds is 6. The molecule has 0 fully saturated rings. The van der Waals surface area contributed by atoms with E-state index in [0.717, 1.165) is 5.56 Å². The molecule has 2 aromatic rings. The van der Waals surface area contributed by atoms with Crippen molar-refractivity contribution in [3.05, 3.63) is 53.1 Å². The van der Waals surface area contributed by atoms with Crippen LogP contribution in [0.2, 0.25) is 5.02 Å². The molecule has 3 N–H and O–H groups in total. The van der Waals surface area contributed by atoms with Crippen LogP contribution in [0.3, 0.4) is 0 Å². The highest BCUT2D eigenvalue weighted by atomic mass is 35.5. The van der Waals surface area contributed by atoms with Gasteiger partial charge in [0.2, 0.25) is 0 Å². The number of hydrogen-bond acceptors (Lipinski definition) is 5. The molecule has 1 amide bonds. The number of carbonyl (C=O) groups is 1. The fourth-order valence-corrected chi connectivity index (χ4v) is 3.33. The number of nitrogens with two attached hydrogens (primary N) is 1. The molecule has 1 atom stereocenters. The van der Waals surface area contributed by atoms with E-state index in [1.807, 2.05) is 6.92 Å². The van der Waals surface area contributed by atoms with Gasteiger partial charge in [-0.2, -0.15) is 8.42 Å². The van der Waals surface area contributed by atoms with Gasteiger partial charge in [0.1, 0.15) is 0 Å². The van der Waals surface area contributed by atoms with E-state index in [1.54, 1.807) is 31.2 Å². The van der Waals surface area contributed by atoms with Crippen molar-refractivity contribution in [2.45, 2.75) is 31.3 Å². The van der Waals surface area contributed by atoms with Crippen molar-refractivity contribution in [1.29, 1.82) is 0 Å². The molecule has 134 valence electrons. The standard InChI is InChI=1S/C17H19ClN2O4S/c1-3-16(17(21)20-12-6-9-15(19)14(18)10-12)24-25(22,23)13-7-4-11(2)5-8-13/h4-10,16H,3,19H2,1-2H3,(H,20,21)/t16-/m1/s1. The van der Waals surface area contributed by atoms with E-state index >= 15 is 0 Å². The fourth-order valence-electron chi connectivity index (χ4n) is 2.04. The van der Waals surface area contributed by atoms with Gasteiger partial charge in [0.05, 0.1) is 15.6 Å². The van der Waals surface area contributed by atoms with Gasteiger partial charge in [-0.15, -0.1) is 0 Å². The molecule has 8 heteroatoms. The zero-order chi connectivity index (χ0) is 18.6. The van der Waals surface area contributed by atoms with Gasteiger partial charge in [-0.1, -0.05) is 36.2 Å². The molecule has 0 saturated heterocycles. The summed E-state index contributed by atoms with van der Waals surface area (Å²) in [4.78, 5) is 12.3. The van der Waals surface area contributed by atoms with E-state index in [-0.39, 0.29) is 11.3 Å². The number of amides is 1. The Morgan fingerprint density at radius 3 is 2.44 bits per heavy atom. The Hall–Kier alpha value is -2.09. The molecule has 2 aromatic carbocycles. The third kappa shape index (κ3) is 4.94. The van der Waals surface area contributed by atoms with Gasteiger partial charge < -0.3 is 11.1 Å². The van der Waals surface area contributed by atoms with Crippen LogP contribution in [-0.4, -0.2) is 20.4 Å². The second kappa shape index (κ2) is 7.86. The number of nitrogen functional groups attached to an aromatic ring is 1. The number of halogens is 1. The fraction of sp³-hybridized carbons (Fsp3) is 0.235. The highest BCUT2D eigenvalue weighted by Crippen LogP contribution is 2.23. The number of aryl methyl sites for hydroxylation is 1. The van der Waals surface area contributed by atoms with Gasteiger partial charge in [0, 0.05) is 5.69 Å². The number of hydrogen-bond donors (Lipinski definition) is 2. The molecule has 0 aliphatic heterocycles. The Labute approximate surface area is 152 Å². The summed E-state index contributed by atoms with van der Waals surface area (Å²) >= 11 is 5.91. The van der Waals surface area contributed by atoms with Gasteiger partial charge in [-0.3, -0.25) is 8.98 Å². The Bertz CT molecular complexity index is 867. The normalized spacial score (nSPS) is 12.6. The summed E-state index contributed by atoms with van der Waals surface area (Å²) in [5, 5.41) is 2.87. The monoisotopic (exact) mass is 382 g/mol. The molecule has 0 unspecified atom stereocenters. The minimum absolute atomic E-state index is 0.000112. The maximum absolute atomic E-state index is 12.3. The van der Waals surface area contributed by atoms with Gasteiger partial charge in [0.15, 0.2) is 6.10 Å². The van der Waals surface area contributed by atoms with Crippen molar-refractivity contribution in [3.63, 3.8) is 0 Å². The van der Waals surface area contributed by atoms with Gasteiger partial charge >= 0.3 is 0 Å². The first-order valence-corrected chi connectivity index (χ1v) is 9.37. The first-order chi connectivity index (χ1) is 11.7. The molecule has 0 aliphatic carbocycles. The minimum Gasteiger partial charge on any atom is -0.398 e. The van der Waals surface area contributed by atoms with Crippen LogP contribution in [0.5, 0.6) is 0 Å². The number of anilines is 2. The second-order valence-corrected chi connectivity index (χ2v) is 7.47. The second-order valence-electron chi connectivity index (χ2n) is 5.49. The van der Waals surface area contributed by atoms with Crippen molar-refractivity contribution >= 4 is 39.0 Å². The highest BCUT2D eigenvalue weighted by molar-refractivity contribution is 7.86. The van der Waals surface area contributed by atoms with E-state index in [1.165, 1.54) is 18.2 Å². The minimum atomic E-state index is -4.05. The molecule has 0 radical (unpaired) electrons. The Morgan fingerprint density at radius 2 is 1.88 bits per heavy atom. The smallest absolute Gasteiger partial charge is 0.297 e. The van der Waals surface area contributed by atoms with Gasteiger partial charge in [-0.05, 0) is 43.7 Å². The van der Waals surface area contributed by atoms with E-state index in [9.17, 15) is 13.2 Å². The topological polar surface area (TPSA) is 98.5 Å². The Kier molecular flexibility index (Phi) is 6.05. The number of carbonyl (C=O) groups excluding carboxylic acids is 1. The summed E-state index contributed by atoms with van der Waals surface area (Å²) in [5.41, 5.74) is 7.32. The zero-order valence-corrected chi connectivity index (χ0v) is 15.4. The quantitative estimate of drug-likeness (QED) is 0.589. The predicted octanol–water partition coefficient (Wildman–Crippen LogP) is 3.35. The lowest BCUT2D eigenvalue weighted by atomic mass is 10.2. The summed E-state index contributed by atoms with van der Waals surface area (Å²) in [7, 11) is -4.05. The molecule has 0 saturated carbocycles. The summed E-state index contributed by atoms with van der Waals surface area (Å²) < 4.78 is 29.8. The Balaban J connectivity index is 2.13. The third-order valence-electron chi connectivity index (χ3n) is 3.48. The average molecular weight is 383 g/mol. The largest absolute Gasteiger partial charge is 0.398 e. The maximum atomic E-state index is 12.3. The first kappa shape index (κ1) is 19.2. The lowest BCUT2D eigenvalue weighted by Gasteiger charge is -2.16. The molecule has 0 aliphatic rings. The summed E-state index contributed by atoms with van der Waals surface area (Å²) in [6.45, 7) is 3.50. The van der Waals surface area contributed by atoms with Crippen molar-refractivity contribution < 1.29 is 17.4 Å². The Morgan fingerprint density at radius 1 is 1.24 bits per heavy atom. The third-order valence-corrected chi connectivity index (χ3v) is 5.15. The van der Waals surface area contributed by atoms with Crippen LogP contribution < -0.4 is 11.1 Å². The van der Waals surface area contributed by atoms with Crippen LogP contribution in [0.1, 0.15) is 18.9 Å². The van der Waals surface area contributed by atoms with E-state index in [2.05, 4.69) is 5.32 Å². The van der Waals surface area contributed by atoms with Crippen LogP contribution in [0.25, 0.3) is 0 Å². The molecule has 0 spiro atoms. The lowest BCUT2D eigenvalue weighted by Crippen LogP contribution is -2.32. The molecule has 25 heavy (non-hydrogen) atoms. The van der Waals surface area contributed by atoms with Crippen LogP contribution in [0.15, 0.2) is 47.4 Å². The van der Waals surface area contributed by atoms with Crippen LogP contribution >= 0.6 is 11.6 Å². The summed E-state index contributed by atoms with van der Waals surface area (Å²) in [6.07, 6.45) is -0.984. The number of nitrogens with one attached hydrogen (secondary N) is 1. The summed E-state index contributed by atoms with van der Waals surface area (Å²) in [6, 6.07) is 10.8. The van der Waals surface area contributed by atoms with Crippen LogP contribution in [0.4, 0.5) is 11.4 Å². The average Bonchev–Trinajstić information content (AvgIpc) is 2.56. The van der Waals surface area contributed by atoms with Crippen molar-refractivity contribution in [1.82, 2.24) is 0 Å². The first-order valence-electron chi connectivity index (χ1n) is 7.59. The predicted molar refractivity (Wildman–Crippen MR) is 98.0 cm³/mol. The lowest BCUT2D eigenvalue weighted by molar-refractivity contribution is -0.122. The zero-order valence-electron chi connectivity index (χ0n) is 13.8. The molecule has 2 rings (SSSR count). The maximum Gasteiger partial charge on any atom is 0.297 e. The van der Waals surface area contributed by atoms with Crippen molar-refractivity contribution in [2.24, 2.45) is 0 Å². The molecule has 6 nitrogen and oxygen atoms in total. The molecule has 0 bridgehead atoms. The van der Waals surface area contributed by atoms with E-state index < -0.39 is 22.1 Å².